The van der Waals surface area contributed by atoms with Crippen molar-refractivity contribution in [3.05, 3.63) is 23.0 Å². The molecule has 1 aliphatic heterocycles. The van der Waals surface area contributed by atoms with E-state index in [9.17, 15) is 4.57 Å². The lowest BCUT2D eigenvalue weighted by Crippen LogP contribution is -2.36. The fraction of sp³-hybridized carbons (Fsp3) is 0.583. The molecule has 5 nitrogen and oxygen atoms in total. The maximum absolute atomic E-state index is 11.0. The summed E-state index contributed by atoms with van der Waals surface area (Å²) in [6.07, 6.45) is 1.73. The third-order valence-corrected chi connectivity index (χ3v) is 3.30. The zero-order chi connectivity index (χ0) is 13.3. The van der Waals surface area contributed by atoms with Crippen LogP contribution in [0.15, 0.2) is 6.20 Å². The lowest BCUT2D eigenvalue weighted by molar-refractivity contribution is -0.181. The van der Waals surface area contributed by atoms with Crippen LogP contribution in [0, 0.1) is 6.92 Å². The number of pyridine rings is 1. The topological polar surface area (TPSA) is 57.7 Å². The molecule has 0 aromatic carbocycles. The Morgan fingerprint density at radius 3 is 2.94 bits per heavy atom. The molecule has 0 saturated heterocycles. The lowest BCUT2D eigenvalue weighted by atomic mass is 10.1. The van der Waals surface area contributed by atoms with E-state index in [0.29, 0.717) is 6.61 Å². The van der Waals surface area contributed by atoms with Gasteiger partial charge in [-0.15, -0.1) is 0 Å². The third kappa shape index (κ3) is 2.91. The minimum Gasteiger partial charge on any atom is -0.461 e. The molecule has 0 saturated carbocycles. The molecule has 0 fully saturated rings. The molecular weight excluding hydrogens is 253 g/mol. The molecule has 1 aromatic heterocycles. The molecule has 1 aliphatic rings. The summed E-state index contributed by atoms with van der Waals surface area (Å²) in [5, 5.41) is 0. The highest BCUT2D eigenvalue weighted by Crippen LogP contribution is 2.35. The number of aryl methyl sites for hydroxylation is 1. The normalized spacial score (nSPS) is 18.9. The minimum atomic E-state index is -1.95. The van der Waals surface area contributed by atoms with Gasteiger partial charge in [0.15, 0.2) is 8.03 Å². The molecule has 2 heterocycles. The van der Waals surface area contributed by atoms with Gasteiger partial charge in [0, 0.05) is 37.8 Å². The fourth-order valence-electron chi connectivity index (χ4n) is 1.79. The second kappa shape index (κ2) is 5.00. The highest BCUT2D eigenvalue weighted by molar-refractivity contribution is 7.38. The SMILES string of the molecule is Cc1ncc(CO[PH](C)=O)c2c1OC(C)(C)OC2. The Morgan fingerprint density at radius 1 is 1.56 bits per heavy atom. The molecule has 0 aliphatic carbocycles. The van der Waals surface area contributed by atoms with Crippen LogP contribution in [0.3, 0.4) is 0 Å². The molecule has 0 bridgehead atoms. The zero-order valence-electron chi connectivity index (χ0n) is 11.1. The van der Waals surface area contributed by atoms with Gasteiger partial charge in [-0.25, -0.2) is 0 Å². The maximum atomic E-state index is 11.0. The minimum absolute atomic E-state index is 0.275. The third-order valence-electron chi connectivity index (χ3n) is 2.75. The Morgan fingerprint density at radius 2 is 2.28 bits per heavy atom. The van der Waals surface area contributed by atoms with Gasteiger partial charge in [-0.05, 0) is 6.92 Å². The Labute approximate surface area is 107 Å². The average molecular weight is 271 g/mol. The quantitative estimate of drug-likeness (QED) is 0.791. The molecule has 0 spiro atoms. The second-order valence-corrected chi connectivity index (χ2v) is 6.02. The van der Waals surface area contributed by atoms with Gasteiger partial charge < -0.3 is 14.0 Å². The summed E-state index contributed by atoms with van der Waals surface area (Å²) in [6.45, 7) is 7.92. The first kappa shape index (κ1) is 13.5. The van der Waals surface area contributed by atoms with E-state index in [1.807, 2.05) is 20.8 Å². The molecule has 18 heavy (non-hydrogen) atoms. The summed E-state index contributed by atoms with van der Waals surface area (Å²) in [5.41, 5.74) is 2.63. The van der Waals surface area contributed by atoms with Gasteiger partial charge in [-0.2, -0.15) is 0 Å². The first-order chi connectivity index (χ1) is 8.39. The van der Waals surface area contributed by atoms with Gasteiger partial charge in [0.05, 0.1) is 18.9 Å². The molecule has 0 amide bonds. The first-order valence-corrected chi connectivity index (χ1v) is 7.64. The van der Waals surface area contributed by atoms with Crippen molar-refractivity contribution in [1.29, 1.82) is 0 Å². The van der Waals surface area contributed by atoms with Crippen molar-refractivity contribution in [2.75, 3.05) is 6.66 Å². The van der Waals surface area contributed by atoms with Gasteiger partial charge in [0.25, 0.3) is 0 Å². The summed E-state index contributed by atoms with van der Waals surface area (Å²) in [5.74, 6) is 0.111. The molecule has 1 aromatic rings. The van der Waals surface area contributed by atoms with E-state index in [1.54, 1.807) is 12.9 Å². The van der Waals surface area contributed by atoms with Crippen LogP contribution in [0.4, 0.5) is 0 Å². The van der Waals surface area contributed by atoms with Crippen molar-refractivity contribution in [3.8, 4) is 5.75 Å². The predicted octanol–water partition coefficient (Wildman–Crippen LogP) is 2.66. The lowest BCUT2D eigenvalue weighted by Gasteiger charge is -2.34. The Bertz CT molecular complexity index is 487. The average Bonchev–Trinajstić information content (AvgIpc) is 2.28. The van der Waals surface area contributed by atoms with Crippen LogP contribution in [-0.2, 0) is 27.0 Å². The van der Waals surface area contributed by atoms with E-state index in [-0.39, 0.29) is 6.61 Å². The number of nitrogens with zero attached hydrogens (tertiary/aromatic N) is 1. The van der Waals surface area contributed by atoms with E-state index in [0.717, 1.165) is 22.6 Å². The number of aromatic nitrogens is 1. The Kier molecular flexibility index (Phi) is 3.76. The van der Waals surface area contributed by atoms with Crippen molar-refractivity contribution in [2.24, 2.45) is 0 Å². The van der Waals surface area contributed by atoms with Gasteiger partial charge in [-0.3, -0.25) is 9.55 Å². The molecular formula is C12H18NO4P. The Hall–Kier alpha value is -0.900. The second-order valence-electron chi connectivity index (χ2n) is 4.75. The number of rotatable bonds is 3. The maximum Gasteiger partial charge on any atom is 0.205 e. The van der Waals surface area contributed by atoms with E-state index in [4.69, 9.17) is 14.0 Å². The van der Waals surface area contributed by atoms with Crippen molar-refractivity contribution in [1.82, 2.24) is 4.98 Å². The molecule has 2 rings (SSSR count). The molecule has 1 unspecified atom stereocenters. The van der Waals surface area contributed by atoms with E-state index in [2.05, 4.69) is 4.98 Å². The predicted molar refractivity (Wildman–Crippen MR) is 68.2 cm³/mol. The van der Waals surface area contributed by atoms with Crippen molar-refractivity contribution in [3.63, 3.8) is 0 Å². The smallest absolute Gasteiger partial charge is 0.205 e. The number of hydrogen-bond acceptors (Lipinski definition) is 5. The van der Waals surface area contributed by atoms with E-state index in [1.165, 1.54) is 0 Å². The monoisotopic (exact) mass is 271 g/mol. The molecule has 1 atom stereocenters. The summed E-state index contributed by atoms with van der Waals surface area (Å²) in [4.78, 5) is 4.28. The Balaban J connectivity index is 2.32. The summed E-state index contributed by atoms with van der Waals surface area (Å²) in [7, 11) is -1.95. The molecule has 0 radical (unpaired) electrons. The van der Waals surface area contributed by atoms with Crippen LogP contribution in [-0.4, -0.2) is 17.4 Å². The summed E-state index contributed by atoms with van der Waals surface area (Å²) in [6, 6.07) is 0. The van der Waals surface area contributed by atoms with Gasteiger partial charge in [-0.1, -0.05) is 0 Å². The molecule has 100 valence electrons. The van der Waals surface area contributed by atoms with E-state index >= 15 is 0 Å². The van der Waals surface area contributed by atoms with Gasteiger partial charge >= 0.3 is 0 Å². The summed E-state index contributed by atoms with van der Waals surface area (Å²) < 4.78 is 27.6. The van der Waals surface area contributed by atoms with Gasteiger partial charge in [0.1, 0.15) is 5.75 Å². The van der Waals surface area contributed by atoms with Crippen LogP contribution in [0.2, 0.25) is 0 Å². The van der Waals surface area contributed by atoms with Crippen LogP contribution in [0.5, 0.6) is 5.75 Å². The van der Waals surface area contributed by atoms with Crippen molar-refractivity contribution < 1.29 is 18.6 Å². The van der Waals surface area contributed by atoms with Crippen LogP contribution in [0.1, 0.15) is 30.7 Å². The van der Waals surface area contributed by atoms with Crippen LogP contribution >= 0.6 is 8.03 Å². The van der Waals surface area contributed by atoms with Crippen molar-refractivity contribution in [2.45, 2.75) is 39.8 Å². The standard InChI is InChI=1S/C12H18NO4P/c1-8-11-10(7-15-12(2,3)17-11)9(5-13-8)6-16-18(4)14/h5,18H,6-7H2,1-4H3. The van der Waals surface area contributed by atoms with Gasteiger partial charge in [0.2, 0.25) is 5.79 Å². The fourth-order valence-corrected chi connectivity index (χ4v) is 2.15. The highest BCUT2D eigenvalue weighted by atomic mass is 31.1. The summed E-state index contributed by atoms with van der Waals surface area (Å²) >= 11 is 0. The zero-order valence-corrected chi connectivity index (χ0v) is 12.1. The number of ether oxygens (including phenoxy) is 2. The number of hydrogen-bond donors (Lipinski definition) is 0. The van der Waals surface area contributed by atoms with Crippen LogP contribution < -0.4 is 4.74 Å². The molecule has 6 heteroatoms. The highest BCUT2D eigenvalue weighted by Gasteiger charge is 2.30. The van der Waals surface area contributed by atoms with Crippen LogP contribution in [0.25, 0.3) is 0 Å². The van der Waals surface area contributed by atoms with E-state index < -0.39 is 13.8 Å². The number of fused-ring (bicyclic) bond motifs is 1. The molecule has 0 N–H and O–H groups in total. The largest absolute Gasteiger partial charge is 0.461 e. The van der Waals surface area contributed by atoms with Crippen molar-refractivity contribution >= 4 is 8.03 Å². The first-order valence-electron chi connectivity index (χ1n) is 5.83.